The van der Waals surface area contributed by atoms with Crippen LogP contribution in [0.15, 0.2) is 10.3 Å². The molecule has 0 aliphatic carbocycles. The second-order valence-corrected chi connectivity index (χ2v) is 6.30. The van der Waals surface area contributed by atoms with Crippen LogP contribution >= 0.6 is 23.1 Å². The molecule has 5 heteroatoms. The van der Waals surface area contributed by atoms with Crippen LogP contribution in [-0.2, 0) is 0 Å². The molecule has 3 nitrogen and oxygen atoms in total. The summed E-state index contributed by atoms with van der Waals surface area (Å²) in [6.07, 6.45) is 2.46. The molecule has 1 aliphatic heterocycles. The van der Waals surface area contributed by atoms with E-state index in [1.54, 1.807) is 11.3 Å². The summed E-state index contributed by atoms with van der Waals surface area (Å²) in [7, 11) is 0. The molecular weight excluding hydrogens is 238 g/mol. The maximum absolute atomic E-state index is 7.48. The van der Waals surface area contributed by atoms with Crippen molar-refractivity contribution in [2.45, 2.75) is 24.0 Å². The molecule has 0 fully saturated rings. The molecular formula is C11H17N3S2. The molecule has 0 atom stereocenters. The maximum atomic E-state index is 7.48. The van der Waals surface area contributed by atoms with Gasteiger partial charge in [-0.15, -0.1) is 23.1 Å². The number of unbranched alkanes of at least 4 members (excludes halogenated alkanes) is 1. The first kappa shape index (κ1) is 11.8. The quantitative estimate of drug-likeness (QED) is 0.642. The van der Waals surface area contributed by atoms with E-state index in [0.717, 1.165) is 23.7 Å². The van der Waals surface area contributed by atoms with E-state index in [0.29, 0.717) is 0 Å². The summed E-state index contributed by atoms with van der Waals surface area (Å²) in [4.78, 5) is 3.33. The van der Waals surface area contributed by atoms with E-state index < -0.39 is 0 Å². The summed E-state index contributed by atoms with van der Waals surface area (Å²) in [5.41, 5.74) is 6.83. The molecule has 1 aliphatic rings. The minimum Gasteiger partial charge on any atom is -0.383 e. The third-order valence-corrected chi connectivity index (χ3v) is 5.08. The van der Waals surface area contributed by atoms with Crippen molar-refractivity contribution in [1.29, 1.82) is 5.41 Å². The van der Waals surface area contributed by atoms with E-state index in [1.807, 2.05) is 11.8 Å². The molecule has 1 aromatic rings. The molecule has 0 unspecified atom stereocenters. The van der Waals surface area contributed by atoms with Gasteiger partial charge in [0, 0.05) is 18.8 Å². The summed E-state index contributed by atoms with van der Waals surface area (Å²) in [5.74, 6) is 1.34. The second-order valence-electron chi connectivity index (χ2n) is 3.89. The molecule has 0 aromatic carbocycles. The van der Waals surface area contributed by atoms with Gasteiger partial charge in [-0.05, 0) is 12.5 Å². The van der Waals surface area contributed by atoms with Crippen LogP contribution in [-0.4, -0.2) is 24.7 Å². The molecule has 0 spiro atoms. The molecule has 2 heterocycles. The molecule has 0 amide bonds. The van der Waals surface area contributed by atoms with Gasteiger partial charge in [0.1, 0.15) is 5.84 Å². The van der Waals surface area contributed by atoms with E-state index in [9.17, 15) is 0 Å². The highest BCUT2D eigenvalue weighted by Gasteiger charge is 2.20. The monoisotopic (exact) mass is 255 g/mol. The molecule has 2 rings (SSSR count). The van der Waals surface area contributed by atoms with Gasteiger partial charge in [-0.3, -0.25) is 5.41 Å². The Labute approximate surface area is 105 Å². The lowest BCUT2D eigenvalue weighted by molar-refractivity contribution is 0.728. The van der Waals surface area contributed by atoms with Crippen molar-refractivity contribution in [3.63, 3.8) is 0 Å². The highest BCUT2D eigenvalue weighted by atomic mass is 32.2. The number of thioether (sulfide) groups is 1. The van der Waals surface area contributed by atoms with E-state index in [2.05, 4.69) is 17.9 Å². The van der Waals surface area contributed by atoms with Gasteiger partial charge < -0.3 is 10.6 Å². The largest absolute Gasteiger partial charge is 0.383 e. The number of nitrogen functional groups attached to an aromatic ring is 1. The van der Waals surface area contributed by atoms with E-state index >= 15 is 0 Å². The first-order valence-corrected chi connectivity index (χ1v) is 7.38. The fraction of sp³-hybridized carbons (Fsp3) is 0.545. The number of thiophene rings is 1. The van der Waals surface area contributed by atoms with Gasteiger partial charge in [0.25, 0.3) is 0 Å². The molecule has 0 saturated carbocycles. The van der Waals surface area contributed by atoms with Gasteiger partial charge in [0.05, 0.1) is 14.8 Å². The van der Waals surface area contributed by atoms with Crippen LogP contribution in [0, 0.1) is 5.41 Å². The lowest BCUT2D eigenvalue weighted by Crippen LogP contribution is -2.29. The molecule has 3 N–H and O–H groups in total. The second kappa shape index (κ2) is 5.10. The standard InChI is InChI=1S/C11H17N3S2/c1-2-3-4-14-5-6-15-11-8(14)7-9(16-11)10(12)13/h7H,2-6H2,1H3,(H3,12,13). The van der Waals surface area contributed by atoms with Gasteiger partial charge in [-0.2, -0.15) is 0 Å². The minimum absolute atomic E-state index is 0.190. The van der Waals surface area contributed by atoms with Crippen LogP contribution in [0.25, 0.3) is 0 Å². The minimum atomic E-state index is 0.190. The van der Waals surface area contributed by atoms with E-state index in [1.165, 1.54) is 22.7 Å². The number of nitrogens with zero attached hydrogens (tertiary/aromatic N) is 1. The summed E-state index contributed by atoms with van der Waals surface area (Å²) in [5, 5.41) is 7.48. The number of rotatable bonds is 4. The number of anilines is 1. The molecule has 1 aromatic heterocycles. The summed E-state index contributed by atoms with van der Waals surface area (Å²) >= 11 is 3.54. The van der Waals surface area contributed by atoms with Gasteiger partial charge in [-0.1, -0.05) is 13.3 Å². The fourth-order valence-corrected chi connectivity index (χ4v) is 4.13. The van der Waals surface area contributed by atoms with Crippen LogP contribution in [0.2, 0.25) is 0 Å². The van der Waals surface area contributed by atoms with Gasteiger partial charge in [-0.25, -0.2) is 0 Å². The van der Waals surface area contributed by atoms with Crippen LogP contribution in [0.4, 0.5) is 5.69 Å². The average Bonchev–Trinajstić information content (AvgIpc) is 2.70. The summed E-state index contributed by atoms with van der Waals surface area (Å²) < 4.78 is 1.33. The molecule has 0 bridgehead atoms. The number of hydrogen-bond acceptors (Lipinski definition) is 4. The Hall–Kier alpha value is -0.680. The Kier molecular flexibility index (Phi) is 3.76. The number of amidine groups is 1. The molecule has 0 saturated heterocycles. The Morgan fingerprint density at radius 2 is 2.44 bits per heavy atom. The van der Waals surface area contributed by atoms with E-state index in [-0.39, 0.29) is 5.84 Å². The van der Waals surface area contributed by atoms with Gasteiger partial charge in [0.15, 0.2) is 0 Å². The predicted octanol–water partition coefficient (Wildman–Crippen LogP) is 2.74. The van der Waals surface area contributed by atoms with Crippen molar-refractivity contribution < 1.29 is 0 Å². The third kappa shape index (κ3) is 2.35. The number of nitrogens with two attached hydrogens (primary N) is 1. The topological polar surface area (TPSA) is 53.1 Å². The van der Waals surface area contributed by atoms with Gasteiger partial charge >= 0.3 is 0 Å². The Morgan fingerprint density at radius 1 is 1.62 bits per heavy atom. The predicted molar refractivity (Wildman–Crippen MR) is 73.2 cm³/mol. The normalized spacial score (nSPS) is 14.9. The maximum Gasteiger partial charge on any atom is 0.133 e. The highest BCUT2D eigenvalue weighted by Crippen LogP contribution is 2.41. The number of hydrogen-bond donors (Lipinski definition) is 2. The van der Waals surface area contributed by atoms with Crippen LogP contribution in [0.5, 0.6) is 0 Å². The zero-order valence-corrected chi connectivity index (χ0v) is 11.1. The van der Waals surface area contributed by atoms with Crippen molar-refractivity contribution in [3.8, 4) is 0 Å². The number of nitrogens with one attached hydrogen (secondary N) is 1. The number of fused-ring (bicyclic) bond motifs is 1. The smallest absolute Gasteiger partial charge is 0.133 e. The highest BCUT2D eigenvalue weighted by molar-refractivity contribution is 8.01. The average molecular weight is 255 g/mol. The van der Waals surface area contributed by atoms with Crippen molar-refractivity contribution in [1.82, 2.24) is 0 Å². The third-order valence-electron chi connectivity index (χ3n) is 2.66. The summed E-state index contributed by atoms with van der Waals surface area (Å²) in [6.45, 7) is 4.46. The van der Waals surface area contributed by atoms with Crippen LogP contribution < -0.4 is 10.6 Å². The lowest BCUT2D eigenvalue weighted by atomic mass is 10.3. The van der Waals surface area contributed by atoms with E-state index in [4.69, 9.17) is 11.1 Å². The zero-order chi connectivity index (χ0) is 11.5. The SMILES string of the molecule is CCCCN1CCSc2sc(C(=N)N)cc21. The van der Waals surface area contributed by atoms with Crippen molar-refractivity contribution in [3.05, 3.63) is 10.9 Å². The van der Waals surface area contributed by atoms with Crippen LogP contribution in [0.3, 0.4) is 0 Å². The Balaban J connectivity index is 2.20. The Morgan fingerprint density at radius 3 is 3.12 bits per heavy atom. The molecule has 88 valence electrons. The molecule has 16 heavy (non-hydrogen) atoms. The van der Waals surface area contributed by atoms with Crippen molar-refractivity contribution in [2.75, 3.05) is 23.7 Å². The van der Waals surface area contributed by atoms with Crippen molar-refractivity contribution >= 4 is 34.6 Å². The summed E-state index contributed by atoms with van der Waals surface area (Å²) in [6, 6.07) is 2.07. The molecule has 0 radical (unpaired) electrons. The van der Waals surface area contributed by atoms with Crippen molar-refractivity contribution in [2.24, 2.45) is 5.73 Å². The first-order valence-electron chi connectivity index (χ1n) is 5.58. The Bertz CT molecular complexity index is 387. The first-order chi connectivity index (χ1) is 7.72. The fourth-order valence-electron chi connectivity index (χ4n) is 1.77. The van der Waals surface area contributed by atoms with Gasteiger partial charge in [0.2, 0.25) is 0 Å². The zero-order valence-electron chi connectivity index (χ0n) is 9.45. The lowest BCUT2D eigenvalue weighted by Gasteiger charge is -2.28. The van der Waals surface area contributed by atoms with Crippen LogP contribution in [0.1, 0.15) is 24.6 Å².